The zero-order valence-corrected chi connectivity index (χ0v) is 21.6. The van der Waals surface area contributed by atoms with Crippen LogP contribution in [0.1, 0.15) is 38.3 Å². The Morgan fingerprint density at radius 2 is 1.74 bits per heavy atom. The van der Waals surface area contributed by atoms with Gasteiger partial charge in [0.25, 0.3) is 0 Å². The van der Waals surface area contributed by atoms with E-state index in [1.807, 2.05) is 13.8 Å². The lowest BCUT2D eigenvalue weighted by atomic mass is 10.1. The molecular weight excluding hydrogens is 481 g/mol. The third kappa shape index (κ3) is 7.43. The summed E-state index contributed by atoms with van der Waals surface area (Å²) in [6.45, 7) is 6.54. The molecule has 0 fully saturated rings. The number of anilines is 1. The molecule has 2 aromatic rings. The van der Waals surface area contributed by atoms with E-state index in [1.54, 1.807) is 26.0 Å². The van der Waals surface area contributed by atoms with Gasteiger partial charge in [0.1, 0.15) is 18.4 Å². The zero-order chi connectivity index (χ0) is 25.6. The van der Waals surface area contributed by atoms with E-state index < -0.39 is 34.3 Å². The summed E-state index contributed by atoms with van der Waals surface area (Å²) in [5.41, 5.74) is 1.50. The Morgan fingerprint density at radius 3 is 2.29 bits per heavy atom. The monoisotopic (exact) mass is 511 g/mol. The number of benzene rings is 2. The minimum absolute atomic E-state index is 0.000333. The van der Waals surface area contributed by atoms with Crippen LogP contribution in [0.15, 0.2) is 42.5 Å². The van der Waals surface area contributed by atoms with Crippen LogP contribution in [0, 0.1) is 12.7 Å². The lowest BCUT2D eigenvalue weighted by molar-refractivity contribution is -0.139. The van der Waals surface area contributed by atoms with E-state index >= 15 is 0 Å². The Labute approximate surface area is 205 Å². The minimum Gasteiger partial charge on any atom is -0.352 e. The molecular formula is C24H31ClFN3O4S. The first-order chi connectivity index (χ1) is 15.8. The number of nitrogens with one attached hydrogen (secondary N) is 1. The maximum absolute atomic E-state index is 13.5. The largest absolute Gasteiger partial charge is 0.352 e. The molecule has 10 heteroatoms. The summed E-state index contributed by atoms with van der Waals surface area (Å²) in [5, 5.41) is 3.17. The van der Waals surface area contributed by atoms with Crippen molar-refractivity contribution < 1.29 is 22.4 Å². The van der Waals surface area contributed by atoms with E-state index in [1.165, 1.54) is 35.2 Å². The van der Waals surface area contributed by atoms with Gasteiger partial charge < -0.3 is 10.2 Å². The fourth-order valence-electron chi connectivity index (χ4n) is 3.28. The summed E-state index contributed by atoms with van der Waals surface area (Å²) in [6, 6.07) is 9.35. The molecule has 2 amide bonds. The molecule has 2 aromatic carbocycles. The van der Waals surface area contributed by atoms with E-state index in [4.69, 9.17) is 11.6 Å². The molecule has 0 radical (unpaired) electrons. The van der Waals surface area contributed by atoms with Gasteiger partial charge in [0, 0.05) is 17.6 Å². The first kappa shape index (κ1) is 27.6. The fraction of sp³-hybridized carbons (Fsp3) is 0.417. The van der Waals surface area contributed by atoms with Crippen molar-refractivity contribution in [3.63, 3.8) is 0 Å². The van der Waals surface area contributed by atoms with Gasteiger partial charge in [-0.25, -0.2) is 12.8 Å². The van der Waals surface area contributed by atoms with Crippen LogP contribution >= 0.6 is 11.6 Å². The summed E-state index contributed by atoms with van der Waals surface area (Å²) >= 11 is 6.08. The van der Waals surface area contributed by atoms with E-state index in [2.05, 4.69) is 5.32 Å². The quantitative estimate of drug-likeness (QED) is 0.524. The van der Waals surface area contributed by atoms with Gasteiger partial charge in [-0.3, -0.25) is 13.9 Å². The third-order valence-corrected chi connectivity index (χ3v) is 6.92. The van der Waals surface area contributed by atoms with Crippen LogP contribution < -0.4 is 9.62 Å². The van der Waals surface area contributed by atoms with Gasteiger partial charge in [0.2, 0.25) is 21.8 Å². The highest BCUT2D eigenvalue weighted by Gasteiger charge is 2.31. The van der Waals surface area contributed by atoms with Crippen molar-refractivity contribution in [1.82, 2.24) is 10.2 Å². The highest BCUT2D eigenvalue weighted by atomic mass is 35.5. The maximum atomic E-state index is 13.5. The highest BCUT2D eigenvalue weighted by molar-refractivity contribution is 7.92. The molecule has 0 saturated heterocycles. The average Bonchev–Trinajstić information content (AvgIpc) is 2.77. The van der Waals surface area contributed by atoms with Gasteiger partial charge in [-0.1, -0.05) is 36.7 Å². The van der Waals surface area contributed by atoms with Crippen molar-refractivity contribution >= 4 is 39.1 Å². The van der Waals surface area contributed by atoms with Crippen LogP contribution in [0.3, 0.4) is 0 Å². The van der Waals surface area contributed by atoms with E-state index in [-0.39, 0.29) is 24.2 Å². The molecule has 2 rings (SSSR count). The van der Waals surface area contributed by atoms with Gasteiger partial charge in [-0.05, 0) is 62.6 Å². The molecule has 0 aliphatic carbocycles. The maximum Gasteiger partial charge on any atom is 0.244 e. The molecule has 186 valence electrons. The van der Waals surface area contributed by atoms with Gasteiger partial charge in [-0.15, -0.1) is 0 Å². The van der Waals surface area contributed by atoms with Gasteiger partial charge in [0.15, 0.2) is 0 Å². The number of nitrogens with zero attached hydrogens (tertiary/aromatic N) is 2. The first-order valence-corrected chi connectivity index (χ1v) is 13.1. The Bertz CT molecular complexity index is 1130. The molecule has 7 nitrogen and oxygen atoms in total. The molecule has 0 saturated carbocycles. The Balaban J connectivity index is 2.42. The molecule has 1 N–H and O–H groups in total. The molecule has 0 aromatic heterocycles. The minimum atomic E-state index is -3.86. The third-order valence-electron chi connectivity index (χ3n) is 5.55. The fourth-order valence-corrected chi connectivity index (χ4v) is 4.35. The molecule has 34 heavy (non-hydrogen) atoms. The lowest BCUT2D eigenvalue weighted by Crippen LogP contribution is -2.52. The average molecular weight is 512 g/mol. The van der Waals surface area contributed by atoms with Gasteiger partial charge >= 0.3 is 0 Å². The Morgan fingerprint density at radius 1 is 1.12 bits per heavy atom. The highest BCUT2D eigenvalue weighted by Crippen LogP contribution is 2.26. The first-order valence-electron chi connectivity index (χ1n) is 10.9. The van der Waals surface area contributed by atoms with E-state index in [9.17, 15) is 22.4 Å². The number of aryl methyl sites for hydroxylation is 1. The predicted molar refractivity (Wildman–Crippen MR) is 133 cm³/mol. The Kier molecular flexibility index (Phi) is 9.46. The summed E-state index contributed by atoms with van der Waals surface area (Å²) < 4.78 is 39.6. The number of carbonyl (C=O) groups is 2. The van der Waals surface area contributed by atoms with Crippen molar-refractivity contribution in [3.05, 3.63) is 64.4 Å². The van der Waals surface area contributed by atoms with Crippen molar-refractivity contribution in [2.45, 2.75) is 52.7 Å². The van der Waals surface area contributed by atoms with Gasteiger partial charge in [-0.2, -0.15) is 0 Å². The lowest BCUT2D eigenvalue weighted by Gasteiger charge is -2.32. The number of rotatable bonds is 10. The molecule has 0 aliphatic rings. The van der Waals surface area contributed by atoms with Crippen molar-refractivity contribution in [2.75, 3.05) is 17.1 Å². The second-order valence-electron chi connectivity index (χ2n) is 8.34. The van der Waals surface area contributed by atoms with Crippen LogP contribution in [-0.2, 0) is 26.2 Å². The molecule has 0 unspecified atom stereocenters. The second-order valence-corrected chi connectivity index (χ2v) is 10.7. The smallest absolute Gasteiger partial charge is 0.244 e. The predicted octanol–water partition coefficient (Wildman–Crippen LogP) is 3.89. The van der Waals surface area contributed by atoms with E-state index in [0.29, 0.717) is 22.6 Å². The van der Waals surface area contributed by atoms with Crippen LogP contribution in [0.4, 0.5) is 10.1 Å². The SMILES string of the molecule is CC[C@H](C)NC(=O)[C@@H](C)N(Cc1ccc(F)cc1)C(=O)CN(c1cc(Cl)ccc1C)S(C)(=O)=O. The van der Waals surface area contributed by atoms with Crippen molar-refractivity contribution in [2.24, 2.45) is 0 Å². The van der Waals surface area contributed by atoms with Crippen LogP contribution in [-0.4, -0.2) is 50.0 Å². The summed E-state index contributed by atoms with van der Waals surface area (Å²) in [6.07, 6.45) is 1.71. The van der Waals surface area contributed by atoms with Crippen LogP contribution in [0.5, 0.6) is 0 Å². The number of halogens is 2. The molecule has 0 aliphatic heterocycles. The molecule has 0 spiro atoms. The second kappa shape index (κ2) is 11.7. The summed E-state index contributed by atoms with van der Waals surface area (Å²) in [5.74, 6) is -1.38. The molecule has 2 atom stereocenters. The summed E-state index contributed by atoms with van der Waals surface area (Å²) in [4.78, 5) is 27.6. The Hall–Kier alpha value is -2.65. The standard InChI is InChI=1S/C24H31ClFN3O4S/c1-6-17(3)27-24(31)18(4)28(14-19-8-11-21(26)12-9-19)23(30)15-29(34(5,32)33)22-13-20(25)10-7-16(22)2/h7-13,17-18H,6,14-15H2,1-5H3,(H,27,31)/t17-,18+/m0/s1. The number of carbonyl (C=O) groups excluding carboxylic acids is 2. The molecule has 0 bridgehead atoms. The van der Waals surface area contributed by atoms with Crippen molar-refractivity contribution in [3.8, 4) is 0 Å². The number of hydrogen-bond acceptors (Lipinski definition) is 4. The summed E-state index contributed by atoms with van der Waals surface area (Å²) in [7, 11) is -3.86. The molecule has 0 heterocycles. The zero-order valence-electron chi connectivity index (χ0n) is 20.0. The number of hydrogen-bond donors (Lipinski definition) is 1. The van der Waals surface area contributed by atoms with E-state index in [0.717, 1.165) is 10.6 Å². The van der Waals surface area contributed by atoms with Crippen molar-refractivity contribution in [1.29, 1.82) is 0 Å². The number of amides is 2. The normalized spacial score (nSPS) is 13.1. The van der Waals surface area contributed by atoms with Crippen LogP contribution in [0.2, 0.25) is 5.02 Å². The van der Waals surface area contributed by atoms with Gasteiger partial charge in [0.05, 0.1) is 11.9 Å². The topological polar surface area (TPSA) is 86.8 Å². The number of sulfonamides is 1. The van der Waals surface area contributed by atoms with Crippen LogP contribution in [0.25, 0.3) is 0 Å².